The number of rotatable bonds is 6. The summed E-state index contributed by atoms with van der Waals surface area (Å²) >= 11 is 0. The fourth-order valence-electron chi connectivity index (χ4n) is 2.02. The van der Waals surface area contributed by atoms with Crippen molar-refractivity contribution in [3.8, 4) is 5.75 Å². The van der Waals surface area contributed by atoms with E-state index in [1.165, 1.54) is 18.2 Å². The van der Waals surface area contributed by atoms with Gasteiger partial charge in [0.05, 0.1) is 12.7 Å². The maximum atomic E-state index is 13.5. The average molecular weight is 318 g/mol. The third-order valence-corrected chi connectivity index (χ3v) is 3.14. The van der Waals surface area contributed by atoms with E-state index < -0.39 is 18.0 Å². The van der Waals surface area contributed by atoms with E-state index in [2.05, 4.69) is 10.6 Å². The van der Waals surface area contributed by atoms with Crippen LogP contribution in [0.4, 0.5) is 14.9 Å². The molecule has 2 rings (SSSR count). The molecule has 0 heterocycles. The predicted octanol–water partition coefficient (Wildman–Crippen LogP) is 3.08. The van der Waals surface area contributed by atoms with E-state index in [4.69, 9.17) is 4.74 Å². The molecule has 0 radical (unpaired) electrons. The Bertz CT molecular complexity index is 647. The lowest BCUT2D eigenvalue weighted by Crippen LogP contribution is -2.32. The van der Waals surface area contributed by atoms with Gasteiger partial charge in [0.25, 0.3) is 0 Å². The molecule has 0 saturated carbocycles. The van der Waals surface area contributed by atoms with E-state index in [1.54, 1.807) is 30.3 Å². The Hall–Kier alpha value is -2.60. The minimum atomic E-state index is -1.11. The van der Waals surface area contributed by atoms with Gasteiger partial charge >= 0.3 is 6.03 Å². The van der Waals surface area contributed by atoms with Crippen LogP contribution >= 0.6 is 0 Å². The maximum Gasteiger partial charge on any atom is 0.319 e. The summed E-state index contributed by atoms with van der Waals surface area (Å²) in [6.07, 6.45) is -1.11. The summed E-state index contributed by atoms with van der Waals surface area (Å²) in [5.41, 5.74) is 0.736. The number of ether oxygens (including phenoxy) is 1. The lowest BCUT2D eigenvalue weighted by Gasteiger charge is -2.13. The van der Waals surface area contributed by atoms with E-state index in [9.17, 15) is 14.3 Å². The molecule has 5 nitrogen and oxygen atoms in total. The summed E-state index contributed by atoms with van der Waals surface area (Å²) in [6, 6.07) is 12.3. The van der Waals surface area contributed by atoms with Gasteiger partial charge < -0.3 is 20.5 Å². The van der Waals surface area contributed by atoms with Crippen LogP contribution in [0, 0.1) is 5.82 Å². The molecular formula is C17H19FN2O3. The zero-order valence-electron chi connectivity index (χ0n) is 12.8. The van der Waals surface area contributed by atoms with E-state index in [0.717, 1.165) is 0 Å². The Morgan fingerprint density at radius 1 is 1.22 bits per heavy atom. The SMILES string of the molecule is CCOc1ccc(NC(=O)NC[C@@H](O)c2ccccc2F)cc1. The smallest absolute Gasteiger partial charge is 0.319 e. The van der Waals surface area contributed by atoms with Crippen molar-refractivity contribution in [1.29, 1.82) is 0 Å². The third kappa shape index (κ3) is 4.96. The molecule has 2 aromatic rings. The normalized spacial score (nSPS) is 11.6. The van der Waals surface area contributed by atoms with Crippen LogP contribution in [0.15, 0.2) is 48.5 Å². The van der Waals surface area contributed by atoms with E-state index >= 15 is 0 Å². The van der Waals surface area contributed by atoms with Gasteiger partial charge in [-0.05, 0) is 37.3 Å². The quantitative estimate of drug-likeness (QED) is 0.766. The Kier molecular flexibility index (Phi) is 5.94. The molecule has 0 spiro atoms. The van der Waals surface area contributed by atoms with Crippen LogP contribution in [0.2, 0.25) is 0 Å². The van der Waals surface area contributed by atoms with E-state index in [0.29, 0.717) is 18.0 Å². The predicted molar refractivity (Wildman–Crippen MR) is 86.0 cm³/mol. The van der Waals surface area contributed by atoms with Crippen LogP contribution in [0.5, 0.6) is 5.75 Å². The van der Waals surface area contributed by atoms with Crippen molar-refractivity contribution in [1.82, 2.24) is 5.32 Å². The molecule has 0 bridgehead atoms. The molecule has 0 aliphatic heterocycles. The molecule has 2 aromatic carbocycles. The molecule has 0 aliphatic carbocycles. The van der Waals surface area contributed by atoms with Gasteiger partial charge in [-0.1, -0.05) is 18.2 Å². The lowest BCUT2D eigenvalue weighted by atomic mass is 10.1. The molecule has 3 N–H and O–H groups in total. The van der Waals surface area contributed by atoms with E-state index in [-0.39, 0.29) is 12.1 Å². The molecule has 0 aromatic heterocycles. The number of nitrogens with one attached hydrogen (secondary N) is 2. The number of aliphatic hydroxyl groups excluding tert-OH is 1. The molecule has 6 heteroatoms. The Morgan fingerprint density at radius 3 is 2.57 bits per heavy atom. The highest BCUT2D eigenvalue weighted by atomic mass is 19.1. The number of hydrogen-bond donors (Lipinski definition) is 3. The van der Waals surface area contributed by atoms with Gasteiger partial charge in [0, 0.05) is 17.8 Å². The first kappa shape index (κ1) is 16.8. The fourth-order valence-corrected chi connectivity index (χ4v) is 2.02. The first-order chi connectivity index (χ1) is 11.1. The number of urea groups is 1. The number of amides is 2. The summed E-state index contributed by atoms with van der Waals surface area (Å²) in [4.78, 5) is 11.8. The molecule has 2 amide bonds. The second kappa shape index (κ2) is 8.14. The van der Waals surface area contributed by atoms with Crippen LogP contribution in [0.25, 0.3) is 0 Å². The van der Waals surface area contributed by atoms with Gasteiger partial charge in [-0.25, -0.2) is 9.18 Å². The molecule has 1 atom stereocenters. The van der Waals surface area contributed by atoms with Gasteiger partial charge in [0.15, 0.2) is 0 Å². The first-order valence-electron chi connectivity index (χ1n) is 7.30. The second-order valence-electron chi connectivity index (χ2n) is 4.83. The van der Waals surface area contributed by atoms with Crippen molar-refractivity contribution < 1.29 is 19.0 Å². The van der Waals surface area contributed by atoms with Gasteiger partial charge in [-0.15, -0.1) is 0 Å². The number of aliphatic hydroxyl groups is 1. The standard InChI is InChI=1S/C17H19FN2O3/c1-2-23-13-9-7-12(8-10-13)20-17(22)19-11-16(21)14-5-3-4-6-15(14)18/h3-10,16,21H,2,11H2,1H3,(H2,19,20,22)/t16-/m1/s1. The zero-order chi connectivity index (χ0) is 16.7. The van der Waals surface area contributed by atoms with Gasteiger partial charge in [0.2, 0.25) is 0 Å². The van der Waals surface area contributed by atoms with E-state index in [1.807, 2.05) is 6.92 Å². The Balaban J connectivity index is 1.84. The van der Waals surface area contributed by atoms with Crippen molar-refractivity contribution >= 4 is 11.7 Å². The summed E-state index contributed by atoms with van der Waals surface area (Å²) in [5, 5.41) is 15.0. The van der Waals surface area contributed by atoms with Crippen LogP contribution in [0.1, 0.15) is 18.6 Å². The number of carbonyl (C=O) groups is 1. The van der Waals surface area contributed by atoms with Crippen LogP contribution < -0.4 is 15.4 Å². The van der Waals surface area contributed by atoms with Crippen molar-refractivity contribution in [2.24, 2.45) is 0 Å². The first-order valence-corrected chi connectivity index (χ1v) is 7.30. The Labute approximate surface area is 134 Å². The fraction of sp³-hybridized carbons (Fsp3) is 0.235. The van der Waals surface area contributed by atoms with Crippen molar-refractivity contribution in [2.75, 3.05) is 18.5 Å². The second-order valence-corrected chi connectivity index (χ2v) is 4.83. The summed E-state index contributed by atoms with van der Waals surface area (Å²) in [6.45, 7) is 2.37. The molecule has 23 heavy (non-hydrogen) atoms. The number of hydrogen-bond acceptors (Lipinski definition) is 3. The van der Waals surface area contributed by atoms with Crippen LogP contribution in [-0.4, -0.2) is 24.3 Å². The lowest BCUT2D eigenvalue weighted by molar-refractivity contribution is 0.170. The topological polar surface area (TPSA) is 70.6 Å². The average Bonchev–Trinajstić information content (AvgIpc) is 2.55. The molecular weight excluding hydrogens is 299 g/mol. The third-order valence-electron chi connectivity index (χ3n) is 3.14. The largest absolute Gasteiger partial charge is 0.494 e. The summed E-state index contributed by atoms with van der Waals surface area (Å²) < 4.78 is 18.8. The number of halogens is 1. The monoisotopic (exact) mass is 318 g/mol. The molecule has 0 saturated heterocycles. The highest BCUT2D eigenvalue weighted by Crippen LogP contribution is 2.17. The minimum Gasteiger partial charge on any atom is -0.494 e. The van der Waals surface area contributed by atoms with Crippen molar-refractivity contribution in [3.05, 3.63) is 59.9 Å². The number of benzene rings is 2. The van der Waals surface area contributed by atoms with Crippen molar-refractivity contribution in [3.63, 3.8) is 0 Å². The van der Waals surface area contributed by atoms with Gasteiger partial charge in [0.1, 0.15) is 11.6 Å². The zero-order valence-corrected chi connectivity index (χ0v) is 12.8. The Morgan fingerprint density at radius 2 is 1.91 bits per heavy atom. The maximum absolute atomic E-state index is 13.5. The van der Waals surface area contributed by atoms with Crippen molar-refractivity contribution in [2.45, 2.75) is 13.0 Å². The molecule has 0 fully saturated rings. The minimum absolute atomic E-state index is 0.0935. The molecule has 0 aliphatic rings. The number of carbonyl (C=O) groups excluding carboxylic acids is 1. The highest BCUT2D eigenvalue weighted by Gasteiger charge is 2.13. The number of anilines is 1. The van der Waals surface area contributed by atoms with Crippen LogP contribution in [-0.2, 0) is 0 Å². The summed E-state index contributed by atoms with van der Waals surface area (Å²) in [5.74, 6) is 0.210. The molecule has 122 valence electrons. The highest BCUT2D eigenvalue weighted by molar-refractivity contribution is 5.89. The molecule has 0 unspecified atom stereocenters. The van der Waals surface area contributed by atoms with Crippen LogP contribution in [0.3, 0.4) is 0 Å². The van der Waals surface area contributed by atoms with Gasteiger partial charge in [-0.3, -0.25) is 0 Å². The summed E-state index contributed by atoms with van der Waals surface area (Å²) in [7, 11) is 0. The van der Waals surface area contributed by atoms with Gasteiger partial charge in [-0.2, -0.15) is 0 Å².